The molecular formula is C4H2Cl8. The lowest BCUT2D eigenvalue weighted by atomic mass is 10.3. The highest BCUT2D eigenvalue weighted by Crippen LogP contribution is 2.45. The van der Waals surface area contributed by atoms with Gasteiger partial charge in [0, 0.05) is 0 Å². The third-order valence-corrected chi connectivity index (χ3v) is 4.25. The van der Waals surface area contributed by atoms with Gasteiger partial charge in [-0.25, -0.2) is 0 Å². The van der Waals surface area contributed by atoms with Gasteiger partial charge in [-0.1, -0.05) is 69.6 Å². The van der Waals surface area contributed by atoms with Gasteiger partial charge in [-0.3, -0.25) is 0 Å². The predicted octanol–water partition coefficient (Wildman–Crippen LogP) is 4.94. The maximum absolute atomic E-state index is 5.61. The van der Waals surface area contributed by atoms with Crippen LogP contribution in [0.4, 0.5) is 0 Å². The Balaban J connectivity index is 4.41. The number of halogens is 8. The van der Waals surface area contributed by atoms with Crippen molar-refractivity contribution in [2.24, 2.45) is 0 Å². The average Bonchev–Trinajstić information content (AvgIpc) is 1.80. The molecule has 0 fully saturated rings. The van der Waals surface area contributed by atoms with E-state index in [9.17, 15) is 0 Å². The van der Waals surface area contributed by atoms with Gasteiger partial charge >= 0.3 is 0 Å². The molecule has 2 atom stereocenters. The summed E-state index contributed by atoms with van der Waals surface area (Å²) in [5.41, 5.74) is 0. The minimum absolute atomic E-state index is 1.09. The van der Waals surface area contributed by atoms with Crippen molar-refractivity contribution in [3.63, 3.8) is 0 Å². The largest absolute Gasteiger partial charge is 0.208 e. The second kappa shape index (κ2) is 4.90. The Labute approximate surface area is 110 Å². The Morgan fingerprint density at radius 3 is 0.833 bits per heavy atom. The van der Waals surface area contributed by atoms with Crippen molar-refractivity contribution < 1.29 is 0 Å². The molecule has 12 heavy (non-hydrogen) atoms. The van der Waals surface area contributed by atoms with Crippen molar-refractivity contribution in [1.29, 1.82) is 0 Å². The summed E-state index contributed by atoms with van der Waals surface area (Å²) in [6, 6.07) is 0. The van der Waals surface area contributed by atoms with Crippen LogP contribution < -0.4 is 0 Å². The van der Waals surface area contributed by atoms with Gasteiger partial charge in [0.05, 0.1) is 0 Å². The van der Waals surface area contributed by atoms with Crippen LogP contribution in [0.2, 0.25) is 0 Å². The molecule has 0 aliphatic heterocycles. The maximum Gasteiger partial charge on any atom is 0.208 e. The Kier molecular flexibility index (Phi) is 5.84. The molecule has 0 spiro atoms. The fourth-order valence-corrected chi connectivity index (χ4v) is 1.85. The van der Waals surface area contributed by atoms with E-state index in [1.165, 1.54) is 0 Å². The summed E-state index contributed by atoms with van der Waals surface area (Å²) in [5, 5.41) is -2.17. The van der Waals surface area contributed by atoms with Gasteiger partial charge in [-0.05, 0) is 0 Å². The molecule has 0 nitrogen and oxygen atoms in total. The third-order valence-electron chi connectivity index (χ3n) is 0.882. The third kappa shape index (κ3) is 4.70. The molecule has 0 heterocycles. The van der Waals surface area contributed by atoms with Crippen LogP contribution >= 0.6 is 92.8 Å². The Morgan fingerprint density at radius 2 is 0.750 bits per heavy atom. The lowest BCUT2D eigenvalue weighted by Gasteiger charge is -2.27. The molecule has 0 saturated heterocycles. The van der Waals surface area contributed by atoms with Crippen LogP contribution in [0.5, 0.6) is 0 Å². The first kappa shape index (κ1) is 14.3. The van der Waals surface area contributed by atoms with Gasteiger partial charge in [0.25, 0.3) is 0 Å². The standard InChI is InChI=1S/C4H2Cl8/c5-1(3(7,8)9)2(6)4(10,11)12/h1-2H. The summed E-state index contributed by atoms with van der Waals surface area (Å²) >= 11 is 43.8. The molecule has 0 aliphatic carbocycles. The SMILES string of the molecule is ClC(C(Cl)C(Cl)(Cl)Cl)C(Cl)(Cl)Cl. The molecule has 8 heteroatoms. The van der Waals surface area contributed by atoms with Crippen LogP contribution in [0, 0.1) is 0 Å². The van der Waals surface area contributed by atoms with E-state index in [1.807, 2.05) is 0 Å². The van der Waals surface area contributed by atoms with Gasteiger partial charge in [0.2, 0.25) is 7.59 Å². The fraction of sp³-hybridized carbons (Fsp3) is 1.00. The van der Waals surface area contributed by atoms with Gasteiger partial charge in [-0.2, -0.15) is 0 Å². The van der Waals surface area contributed by atoms with Crippen molar-refractivity contribution in [2.45, 2.75) is 18.3 Å². The highest BCUT2D eigenvalue weighted by atomic mass is 35.6. The zero-order chi connectivity index (χ0) is 10.2. The molecular weight excluding hydrogens is 332 g/mol. The van der Waals surface area contributed by atoms with Gasteiger partial charge in [0.15, 0.2) is 0 Å². The van der Waals surface area contributed by atoms with E-state index in [0.717, 1.165) is 0 Å². The molecule has 2 unspecified atom stereocenters. The smallest absolute Gasteiger partial charge is 0.117 e. The van der Waals surface area contributed by atoms with Gasteiger partial charge in [-0.15, -0.1) is 23.2 Å². The number of rotatable bonds is 1. The van der Waals surface area contributed by atoms with Crippen LogP contribution in [0.15, 0.2) is 0 Å². The van der Waals surface area contributed by atoms with E-state index in [0.29, 0.717) is 0 Å². The summed E-state index contributed by atoms with van der Waals surface area (Å²) in [6.07, 6.45) is 0. The molecule has 74 valence electrons. The summed E-state index contributed by atoms with van der Waals surface area (Å²) in [6.45, 7) is 0. The van der Waals surface area contributed by atoms with Gasteiger partial charge in [0.1, 0.15) is 10.8 Å². The van der Waals surface area contributed by atoms with E-state index in [2.05, 4.69) is 0 Å². The highest BCUT2D eigenvalue weighted by Gasteiger charge is 2.45. The number of alkyl halides is 8. The molecule has 0 aromatic carbocycles. The quantitative estimate of drug-likeness (QED) is 0.596. The zero-order valence-corrected chi connectivity index (χ0v) is 11.2. The molecule has 0 aliphatic rings. The van der Waals surface area contributed by atoms with Crippen LogP contribution in [-0.2, 0) is 0 Å². The average molecular weight is 334 g/mol. The topological polar surface area (TPSA) is 0 Å². The fourth-order valence-electron chi connectivity index (χ4n) is 0.332. The first-order valence-corrected chi connectivity index (χ1v) is 5.62. The molecule has 0 saturated carbocycles. The number of hydrogen-bond acceptors (Lipinski definition) is 0. The summed E-state index contributed by atoms with van der Waals surface area (Å²) in [4.78, 5) is 0. The second-order valence-electron chi connectivity index (χ2n) is 1.89. The minimum Gasteiger partial charge on any atom is -0.117 e. The number of hydrogen-bond donors (Lipinski definition) is 0. The molecule has 0 amide bonds. The Bertz CT molecular complexity index is 124. The van der Waals surface area contributed by atoms with Crippen molar-refractivity contribution in [3.05, 3.63) is 0 Å². The summed E-state index contributed by atoms with van der Waals surface area (Å²) in [7, 11) is 0. The lowest BCUT2D eigenvalue weighted by Crippen LogP contribution is -2.37. The van der Waals surface area contributed by atoms with E-state index in [4.69, 9.17) is 92.8 Å². The van der Waals surface area contributed by atoms with Crippen LogP contribution in [-0.4, -0.2) is 18.3 Å². The second-order valence-corrected chi connectivity index (χ2v) is 7.57. The highest BCUT2D eigenvalue weighted by molar-refractivity contribution is 6.73. The van der Waals surface area contributed by atoms with Crippen LogP contribution in [0.3, 0.4) is 0 Å². The minimum atomic E-state index is -1.77. The molecule has 0 aromatic heterocycles. The molecule has 0 radical (unpaired) electrons. The van der Waals surface area contributed by atoms with Gasteiger partial charge < -0.3 is 0 Å². The first-order valence-electron chi connectivity index (χ1n) is 2.48. The van der Waals surface area contributed by atoms with Crippen LogP contribution in [0.25, 0.3) is 0 Å². The Hall–Kier alpha value is 2.32. The van der Waals surface area contributed by atoms with Crippen molar-refractivity contribution >= 4 is 92.8 Å². The summed E-state index contributed by atoms with van der Waals surface area (Å²) < 4.78 is -3.53. The molecule has 0 rings (SSSR count). The predicted molar refractivity (Wildman–Crippen MR) is 59.9 cm³/mol. The van der Waals surface area contributed by atoms with Crippen molar-refractivity contribution in [1.82, 2.24) is 0 Å². The normalized spacial score (nSPS) is 19.0. The molecule has 0 N–H and O–H groups in total. The van der Waals surface area contributed by atoms with Crippen LogP contribution in [0.1, 0.15) is 0 Å². The van der Waals surface area contributed by atoms with E-state index in [1.54, 1.807) is 0 Å². The zero-order valence-electron chi connectivity index (χ0n) is 5.18. The lowest BCUT2D eigenvalue weighted by molar-refractivity contribution is 0.792. The molecule has 0 aromatic rings. The Morgan fingerprint density at radius 1 is 0.583 bits per heavy atom. The van der Waals surface area contributed by atoms with Crippen molar-refractivity contribution in [2.75, 3.05) is 0 Å². The van der Waals surface area contributed by atoms with E-state index < -0.39 is 18.3 Å². The maximum atomic E-state index is 5.61. The van der Waals surface area contributed by atoms with E-state index in [-0.39, 0.29) is 0 Å². The monoisotopic (exact) mass is 330 g/mol. The van der Waals surface area contributed by atoms with E-state index >= 15 is 0 Å². The first-order chi connectivity index (χ1) is 5.07. The molecule has 0 bridgehead atoms. The summed E-state index contributed by atoms with van der Waals surface area (Å²) in [5.74, 6) is 0. The van der Waals surface area contributed by atoms with Crippen molar-refractivity contribution in [3.8, 4) is 0 Å².